The summed E-state index contributed by atoms with van der Waals surface area (Å²) in [6, 6.07) is 12.0. The largest absolute Gasteiger partial charge is 0.383 e. The highest BCUT2D eigenvalue weighted by molar-refractivity contribution is 9.10. The van der Waals surface area contributed by atoms with E-state index in [1.54, 1.807) is 0 Å². The van der Waals surface area contributed by atoms with Crippen molar-refractivity contribution >= 4 is 33.1 Å². The standard InChI is InChI=1S/C15H15BrN4/c1-19(2)12-7-8-13-18-14(15(17)20(13)9-12)10-3-5-11(16)6-4-10/h3-9H,17H2,1-2H3. The molecule has 2 heterocycles. The molecule has 0 saturated carbocycles. The lowest BCUT2D eigenvalue weighted by Gasteiger charge is -2.12. The molecule has 0 spiro atoms. The lowest BCUT2D eigenvalue weighted by molar-refractivity contribution is 1.09. The Balaban J connectivity index is 2.17. The summed E-state index contributed by atoms with van der Waals surface area (Å²) < 4.78 is 2.96. The summed E-state index contributed by atoms with van der Waals surface area (Å²) in [5, 5.41) is 0. The number of hydrogen-bond donors (Lipinski definition) is 1. The van der Waals surface area contributed by atoms with Crippen LogP contribution in [0, 0.1) is 0 Å². The van der Waals surface area contributed by atoms with Crippen LogP contribution in [0.2, 0.25) is 0 Å². The molecular weight excluding hydrogens is 316 g/mol. The molecule has 5 heteroatoms. The molecule has 3 aromatic rings. The smallest absolute Gasteiger partial charge is 0.139 e. The van der Waals surface area contributed by atoms with Gasteiger partial charge >= 0.3 is 0 Å². The van der Waals surface area contributed by atoms with Crippen LogP contribution in [0.4, 0.5) is 11.5 Å². The summed E-state index contributed by atoms with van der Waals surface area (Å²) in [7, 11) is 4.01. The van der Waals surface area contributed by atoms with Crippen LogP contribution >= 0.6 is 15.9 Å². The highest BCUT2D eigenvalue weighted by atomic mass is 79.9. The Labute approximate surface area is 126 Å². The van der Waals surface area contributed by atoms with Crippen molar-refractivity contribution in [3.63, 3.8) is 0 Å². The first kappa shape index (κ1) is 13.0. The predicted octanol–water partition coefficient (Wildman–Crippen LogP) is 3.41. The topological polar surface area (TPSA) is 46.6 Å². The van der Waals surface area contributed by atoms with Crippen LogP contribution in [-0.4, -0.2) is 23.5 Å². The Morgan fingerprint density at radius 2 is 1.80 bits per heavy atom. The molecule has 20 heavy (non-hydrogen) atoms. The van der Waals surface area contributed by atoms with Gasteiger partial charge in [-0.3, -0.25) is 4.40 Å². The molecule has 2 aromatic heterocycles. The fourth-order valence-electron chi connectivity index (χ4n) is 2.14. The fourth-order valence-corrected chi connectivity index (χ4v) is 2.40. The maximum Gasteiger partial charge on any atom is 0.139 e. The SMILES string of the molecule is CN(C)c1ccc2nc(-c3ccc(Br)cc3)c(N)n2c1. The minimum atomic E-state index is 0.658. The van der Waals surface area contributed by atoms with E-state index in [1.807, 2.05) is 66.0 Å². The number of nitrogen functional groups attached to an aromatic ring is 1. The van der Waals surface area contributed by atoms with E-state index in [0.717, 1.165) is 27.1 Å². The van der Waals surface area contributed by atoms with Crippen molar-refractivity contribution in [3.05, 3.63) is 47.1 Å². The summed E-state index contributed by atoms with van der Waals surface area (Å²) in [4.78, 5) is 6.66. The number of nitrogens with two attached hydrogens (primary N) is 1. The van der Waals surface area contributed by atoms with Crippen molar-refractivity contribution in [1.82, 2.24) is 9.38 Å². The molecule has 1 aromatic carbocycles. The van der Waals surface area contributed by atoms with Crippen molar-refractivity contribution in [2.24, 2.45) is 0 Å². The predicted molar refractivity (Wildman–Crippen MR) is 87.1 cm³/mol. The van der Waals surface area contributed by atoms with Gasteiger partial charge in [0.05, 0.1) is 5.69 Å². The number of halogens is 1. The number of rotatable bonds is 2. The van der Waals surface area contributed by atoms with Crippen molar-refractivity contribution in [2.45, 2.75) is 0 Å². The van der Waals surface area contributed by atoms with Gasteiger partial charge in [0.15, 0.2) is 0 Å². The zero-order valence-corrected chi connectivity index (χ0v) is 12.9. The first-order valence-electron chi connectivity index (χ1n) is 6.27. The molecule has 102 valence electrons. The number of benzene rings is 1. The molecule has 0 fully saturated rings. The molecular formula is C15H15BrN4. The Morgan fingerprint density at radius 1 is 1.10 bits per heavy atom. The van der Waals surface area contributed by atoms with E-state index in [1.165, 1.54) is 0 Å². The maximum absolute atomic E-state index is 6.25. The molecule has 0 bridgehead atoms. The third-order valence-corrected chi connectivity index (χ3v) is 3.80. The number of nitrogens with zero attached hydrogens (tertiary/aromatic N) is 3. The molecule has 0 atom stereocenters. The molecule has 4 nitrogen and oxygen atoms in total. The van der Waals surface area contributed by atoms with Crippen LogP contribution in [0.1, 0.15) is 0 Å². The van der Waals surface area contributed by atoms with Crippen LogP contribution in [0.15, 0.2) is 47.1 Å². The second-order valence-electron chi connectivity index (χ2n) is 4.86. The average molecular weight is 331 g/mol. The van der Waals surface area contributed by atoms with Gasteiger partial charge in [-0.25, -0.2) is 4.98 Å². The Kier molecular flexibility index (Phi) is 3.14. The zero-order chi connectivity index (χ0) is 14.3. The average Bonchev–Trinajstić information content (AvgIpc) is 2.76. The highest BCUT2D eigenvalue weighted by Crippen LogP contribution is 2.28. The van der Waals surface area contributed by atoms with Crippen molar-refractivity contribution in [2.75, 3.05) is 24.7 Å². The third kappa shape index (κ3) is 2.14. The molecule has 0 aliphatic heterocycles. The van der Waals surface area contributed by atoms with E-state index >= 15 is 0 Å². The van der Waals surface area contributed by atoms with Gasteiger partial charge in [-0.1, -0.05) is 28.1 Å². The fraction of sp³-hybridized carbons (Fsp3) is 0.133. The maximum atomic E-state index is 6.25. The van der Waals surface area contributed by atoms with Gasteiger partial charge in [0.2, 0.25) is 0 Å². The van der Waals surface area contributed by atoms with E-state index in [4.69, 9.17) is 5.73 Å². The van der Waals surface area contributed by atoms with Gasteiger partial charge in [-0.2, -0.15) is 0 Å². The summed E-state index contributed by atoms with van der Waals surface area (Å²) in [5.41, 5.74) is 10.0. The van der Waals surface area contributed by atoms with Crippen molar-refractivity contribution in [1.29, 1.82) is 0 Å². The lowest BCUT2D eigenvalue weighted by Crippen LogP contribution is -2.09. The molecule has 0 aliphatic carbocycles. The van der Waals surface area contributed by atoms with Crippen LogP contribution in [0.3, 0.4) is 0 Å². The van der Waals surface area contributed by atoms with Crippen LogP contribution in [-0.2, 0) is 0 Å². The quantitative estimate of drug-likeness (QED) is 0.783. The Morgan fingerprint density at radius 3 is 2.45 bits per heavy atom. The number of aromatic nitrogens is 2. The molecule has 0 saturated heterocycles. The second-order valence-corrected chi connectivity index (χ2v) is 5.78. The third-order valence-electron chi connectivity index (χ3n) is 3.27. The van der Waals surface area contributed by atoms with E-state index in [2.05, 4.69) is 20.9 Å². The first-order valence-corrected chi connectivity index (χ1v) is 7.06. The molecule has 0 radical (unpaired) electrons. The van der Waals surface area contributed by atoms with Gasteiger partial charge in [-0.05, 0) is 24.3 Å². The first-order chi connectivity index (χ1) is 9.56. The number of pyridine rings is 1. The summed E-state index contributed by atoms with van der Waals surface area (Å²) >= 11 is 3.43. The number of imidazole rings is 1. The molecule has 0 aliphatic rings. The second kappa shape index (κ2) is 4.83. The Hall–Kier alpha value is -2.01. The van der Waals surface area contributed by atoms with E-state index < -0.39 is 0 Å². The zero-order valence-electron chi connectivity index (χ0n) is 11.3. The van der Waals surface area contributed by atoms with Gasteiger partial charge in [0, 0.05) is 30.3 Å². The van der Waals surface area contributed by atoms with E-state index in [0.29, 0.717) is 5.82 Å². The summed E-state index contributed by atoms with van der Waals surface area (Å²) in [6.07, 6.45) is 2.00. The van der Waals surface area contributed by atoms with Crippen LogP contribution < -0.4 is 10.6 Å². The van der Waals surface area contributed by atoms with Crippen molar-refractivity contribution < 1.29 is 0 Å². The molecule has 0 unspecified atom stereocenters. The molecule has 2 N–H and O–H groups in total. The highest BCUT2D eigenvalue weighted by Gasteiger charge is 2.11. The van der Waals surface area contributed by atoms with Gasteiger partial charge in [0.1, 0.15) is 17.2 Å². The normalized spacial score (nSPS) is 10.9. The monoisotopic (exact) mass is 330 g/mol. The van der Waals surface area contributed by atoms with Gasteiger partial charge in [-0.15, -0.1) is 0 Å². The van der Waals surface area contributed by atoms with Crippen LogP contribution in [0.5, 0.6) is 0 Å². The lowest BCUT2D eigenvalue weighted by atomic mass is 10.1. The van der Waals surface area contributed by atoms with E-state index in [9.17, 15) is 0 Å². The van der Waals surface area contributed by atoms with Crippen LogP contribution in [0.25, 0.3) is 16.9 Å². The molecule has 3 rings (SSSR count). The Bertz CT molecular complexity index is 759. The van der Waals surface area contributed by atoms with Crippen molar-refractivity contribution in [3.8, 4) is 11.3 Å². The van der Waals surface area contributed by atoms with Gasteiger partial charge in [0.25, 0.3) is 0 Å². The number of anilines is 2. The van der Waals surface area contributed by atoms with Gasteiger partial charge < -0.3 is 10.6 Å². The number of fused-ring (bicyclic) bond motifs is 1. The minimum absolute atomic E-state index is 0.658. The summed E-state index contributed by atoms with van der Waals surface area (Å²) in [5.74, 6) is 0.658. The number of hydrogen-bond acceptors (Lipinski definition) is 3. The minimum Gasteiger partial charge on any atom is -0.383 e. The van der Waals surface area contributed by atoms with E-state index in [-0.39, 0.29) is 0 Å². The molecule has 0 amide bonds. The summed E-state index contributed by atoms with van der Waals surface area (Å²) in [6.45, 7) is 0.